The van der Waals surface area contributed by atoms with E-state index >= 15 is 0 Å². The lowest BCUT2D eigenvalue weighted by Crippen LogP contribution is -2.09. The van der Waals surface area contributed by atoms with E-state index in [9.17, 15) is 0 Å². The van der Waals surface area contributed by atoms with Crippen LogP contribution in [0.2, 0.25) is 0 Å². The maximum atomic E-state index is 5.85. The van der Waals surface area contributed by atoms with Gasteiger partial charge in [-0.1, -0.05) is 28.1 Å². The Morgan fingerprint density at radius 2 is 1.71 bits per heavy atom. The fraction of sp³-hybridized carbons (Fsp3) is 0.250. The predicted molar refractivity (Wildman–Crippen MR) is 87.7 cm³/mol. The van der Waals surface area contributed by atoms with E-state index < -0.39 is 0 Å². The normalized spacial score (nSPS) is 10.2. The molecule has 0 N–H and O–H groups in total. The van der Waals surface area contributed by atoms with Crippen LogP contribution in [0.5, 0.6) is 17.2 Å². The van der Waals surface area contributed by atoms with Crippen LogP contribution in [0.25, 0.3) is 0 Å². The number of hydrogen-bond acceptors (Lipinski definition) is 3. The number of benzene rings is 2. The molecule has 0 aliphatic heterocycles. The van der Waals surface area contributed by atoms with Gasteiger partial charge >= 0.3 is 0 Å². The summed E-state index contributed by atoms with van der Waals surface area (Å²) in [7, 11) is 1.62. The Kier molecular flexibility index (Phi) is 6.21. The molecule has 0 saturated carbocycles. The Morgan fingerprint density at radius 3 is 2.43 bits per heavy atom. The molecule has 0 aromatic heterocycles. The monoisotopic (exact) mass is 370 g/mol. The summed E-state index contributed by atoms with van der Waals surface area (Å²) in [4.78, 5) is 0. The summed E-state index contributed by atoms with van der Waals surface area (Å²) < 4.78 is 17.5. The number of hydrogen-bond donors (Lipinski definition) is 0. The molecular weight excluding hydrogens is 356 g/mol. The Labute approximate surface area is 137 Å². The van der Waals surface area contributed by atoms with E-state index in [0.717, 1.165) is 15.8 Å². The van der Waals surface area contributed by atoms with Crippen molar-refractivity contribution in [3.63, 3.8) is 0 Å². The molecule has 0 radical (unpaired) electrons. The van der Waals surface area contributed by atoms with Gasteiger partial charge in [0.2, 0.25) is 0 Å². The average molecular weight is 372 g/mol. The van der Waals surface area contributed by atoms with Gasteiger partial charge in [0.05, 0.1) is 7.11 Å². The highest BCUT2D eigenvalue weighted by molar-refractivity contribution is 9.10. The van der Waals surface area contributed by atoms with Crippen LogP contribution in [-0.4, -0.2) is 20.3 Å². The van der Waals surface area contributed by atoms with Crippen molar-refractivity contribution in [3.8, 4) is 17.2 Å². The minimum Gasteiger partial charge on any atom is -0.493 e. The zero-order chi connectivity index (χ0) is 15.1. The van der Waals surface area contributed by atoms with E-state index in [-0.39, 0.29) is 0 Å². The maximum absolute atomic E-state index is 5.85. The van der Waals surface area contributed by atoms with Crippen LogP contribution in [0.3, 0.4) is 0 Å². The van der Waals surface area contributed by atoms with Gasteiger partial charge in [0.15, 0.2) is 11.5 Å². The lowest BCUT2D eigenvalue weighted by atomic mass is 10.2. The first kappa shape index (κ1) is 16.0. The molecule has 2 aromatic carbocycles. The minimum atomic E-state index is 0.437. The average Bonchev–Trinajstić information content (AvgIpc) is 2.53. The molecule has 0 saturated heterocycles. The number of alkyl halides is 1. The van der Waals surface area contributed by atoms with Crippen LogP contribution in [0.15, 0.2) is 46.9 Å². The van der Waals surface area contributed by atoms with Crippen LogP contribution in [0, 0.1) is 0 Å². The summed E-state index contributed by atoms with van der Waals surface area (Å²) in [5.74, 6) is 2.64. The van der Waals surface area contributed by atoms with Crippen LogP contribution >= 0.6 is 27.5 Å². The lowest BCUT2D eigenvalue weighted by molar-refractivity contribution is 0.211. The van der Waals surface area contributed by atoms with E-state index in [1.807, 2.05) is 42.5 Å². The Balaban J connectivity index is 1.84. The van der Waals surface area contributed by atoms with Gasteiger partial charge in [0, 0.05) is 10.4 Å². The third kappa shape index (κ3) is 4.55. The number of para-hydroxylation sites is 2. The Morgan fingerprint density at radius 1 is 1.00 bits per heavy atom. The maximum Gasteiger partial charge on any atom is 0.161 e. The summed E-state index contributed by atoms with van der Waals surface area (Å²) in [5.41, 5.74) is 1.000. The molecule has 0 amide bonds. The van der Waals surface area contributed by atoms with Gasteiger partial charge < -0.3 is 14.2 Å². The molecule has 0 spiro atoms. The molecular formula is C16H16BrClO3. The summed E-state index contributed by atoms with van der Waals surface area (Å²) in [6.45, 7) is 0.883. The highest BCUT2D eigenvalue weighted by Crippen LogP contribution is 2.26. The fourth-order valence-corrected chi connectivity index (χ4v) is 2.56. The highest BCUT2D eigenvalue weighted by atomic mass is 79.9. The molecule has 21 heavy (non-hydrogen) atoms. The van der Waals surface area contributed by atoms with Crippen molar-refractivity contribution in [2.75, 3.05) is 20.3 Å². The molecule has 0 unspecified atom stereocenters. The molecule has 0 bridgehead atoms. The van der Waals surface area contributed by atoms with Crippen LogP contribution in [-0.2, 0) is 5.88 Å². The molecule has 0 aliphatic rings. The van der Waals surface area contributed by atoms with Crippen molar-refractivity contribution < 1.29 is 14.2 Å². The summed E-state index contributed by atoms with van der Waals surface area (Å²) in [6.07, 6.45) is 0. The minimum absolute atomic E-state index is 0.437. The first-order valence-electron chi connectivity index (χ1n) is 6.47. The first-order chi connectivity index (χ1) is 10.2. The molecule has 112 valence electrons. The van der Waals surface area contributed by atoms with Crippen molar-refractivity contribution in [1.82, 2.24) is 0 Å². The summed E-state index contributed by atoms with van der Waals surface area (Å²) in [5, 5.41) is 0. The van der Waals surface area contributed by atoms with Crippen molar-refractivity contribution in [2.45, 2.75) is 5.88 Å². The third-order valence-electron chi connectivity index (χ3n) is 2.84. The van der Waals surface area contributed by atoms with Gasteiger partial charge in [0.1, 0.15) is 19.0 Å². The van der Waals surface area contributed by atoms with Crippen LogP contribution < -0.4 is 14.2 Å². The van der Waals surface area contributed by atoms with E-state index in [1.165, 1.54) is 0 Å². The number of halogens is 2. The second kappa shape index (κ2) is 8.15. The van der Waals surface area contributed by atoms with Gasteiger partial charge in [0.25, 0.3) is 0 Å². The Bertz CT molecular complexity index is 589. The summed E-state index contributed by atoms with van der Waals surface area (Å²) in [6, 6.07) is 13.3. The third-order valence-corrected chi connectivity index (χ3v) is 3.90. The SMILES string of the molecule is COc1ccccc1OCCOc1ccc(Br)c(CCl)c1. The Hall–Kier alpha value is -1.39. The van der Waals surface area contributed by atoms with Gasteiger partial charge in [-0.2, -0.15) is 0 Å². The zero-order valence-electron chi connectivity index (χ0n) is 11.6. The van der Waals surface area contributed by atoms with E-state index in [2.05, 4.69) is 15.9 Å². The molecule has 0 fully saturated rings. The zero-order valence-corrected chi connectivity index (χ0v) is 14.0. The second-order valence-electron chi connectivity index (χ2n) is 4.23. The fourth-order valence-electron chi connectivity index (χ4n) is 1.79. The summed E-state index contributed by atoms with van der Waals surface area (Å²) >= 11 is 9.30. The molecule has 0 atom stereocenters. The van der Waals surface area contributed by atoms with Crippen molar-refractivity contribution >= 4 is 27.5 Å². The molecule has 2 rings (SSSR count). The van der Waals surface area contributed by atoms with Crippen molar-refractivity contribution in [3.05, 3.63) is 52.5 Å². The first-order valence-corrected chi connectivity index (χ1v) is 7.80. The van der Waals surface area contributed by atoms with E-state index in [0.29, 0.717) is 30.6 Å². The molecule has 0 aliphatic carbocycles. The largest absolute Gasteiger partial charge is 0.493 e. The number of methoxy groups -OCH3 is 1. The van der Waals surface area contributed by atoms with Crippen LogP contribution in [0.1, 0.15) is 5.56 Å². The quantitative estimate of drug-likeness (QED) is 0.523. The standard InChI is InChI=1S/C16H16BrClO3/c1-19-15-4-2-3-5-16(15)21-9-8-20-13-6-7-14(17)12(10-13)11-18/h2-7,10H,8-9,11H2,1H3. The highest BCUT2D eigenvalue weighted by Gasteiger charge is 2.04. The number of ether oxygens (including phenoxy) is 3. The van der Waals surface area contributed by atoms with Crippen LogP contribution in [0.4, 0.5) is 0 Å². The van der Waals surface area contributed by atoms with Gasteiger partial charge in [-0.3, -0.25) is 0 Å². The topological polar surface area (TPSA) is 27.7 Å². The molecule has 5 heteroatoms. The lowest BCUT2D eigenvalue weighted by Gasteiger charge is -2.11. The molecule has 3 nitrogen and oxygen atoms in total. The predicted octanol–water partition coefficient (Wildman–Crippen LogP) is 4.65. The van der Waals surface area contributed by atoms with Crippen molar-refractivity contribution in [2.24, 2.45) is 0 Å². The van der Waals surface area contributed by atoms with Crippen molar-refractivity contribution in [1.29, 1.82) is 0 Å². The second-order valence-corrected chi connectivity index (χ2v) is 5.36. The van der Waals surface area contributed by atoms with Gasteiger partial charge in [-0.05, 0) is 35.9 Å². The van der Waals surface area contributed by atoms with Gasteiger partial charge in [-0.15, -0.1) is 11.6 Å². The number of rotatable bonds is 7. The molecule has 0 heterocycles. The smallest absolute Gasteiger partial charge is 0.161 e. The van der Waals surface area contributed by atoms with E-state index in [4.69, 9.17) is 25.8 Å². The van der Waals surface area contributed by atoms with Gasteiger partial charge in [-0.25, -0.2) is 0 Å². The van der Waals surface area contributed by atoms with E-state index in [1.54, 1.807) is 7.11 Å². The molecule has 2 aromatic rings.